The van der Waals surface area contributed by atoms with Crippen molar-refractivity contribution in [3.63, 3.8) is 0 Å². The van der Waals surface area contributed by atoms with Gasteiger partial charge >= 0.3 is 7.60 Å². The fourth-order valence-electron chi connectivity index (χ4n) is 0.890. The Morgan fingerprint density at radius 2 is 1.69 bits per heavy atom. The summed E-state index contributed by atoms with van der Waals surface area (Å²) in [6.45, 7) is 1.40. The monoisotopic (exact) mass is 200 g/mol. The molecule has 13 heavy (non-hydrogen) atoms. The first-order chi connectivity index (χ1) is 5.91. The average molecular weight is 200 g/mol. The van der Waals surface area contributed by atoms with E-state index in [-0.39, 0.29) is 11.1 Å². The Labute approximate surface area is 75.4 Å². The fraction of sp³-hybridized carbons (Fsp3) is 0.125. The number of rotatable bonds is 2. The number of ketones is 1. The van der Waals surface area contributed by atoms with E-state index in [1.165, 1.54) is 31.2 Å². The summed E-state index contributed by atoms with van der Waals surface area (Å²) in [5.41, 5.74) is 0.442. The largest absolute Gasteiger partial charge is 0.356 e. The Morgan fingerprint density at radius 3 is 2.00 bits per heavy atom. The molecule has 0 aromatic heterocycles. The number of hydrogen-bond donors (Lipinski definition) is 2. The van der Waals surface area contributed by atoms with Crippen LogP contribution < -0.4 is 5.30 Å². The van der Waals surface area contributed by atoms with Crippen LogP contribution in [0, 0.1) is 0 Å². The first kappa shape index (κ1) is 10.1. The molecule has 0 saturated carbocycles. The van der Waals surface area contributed by atoms with E-state index in [0.29, 0.717) is 5.56 Å². The molecule has 5 heteroatoms. The van der Waals surface area contributed by atoms with Crippen molar-refractivity contribution in [2.45, 2.75) is 6.92 Å². The predicted octanol–water partition coefficient (Wildman–Crippen LogP) is 0.692. The molecule has 1 aromatic carbocycles. The van der Waals surface area contributed by atoms with Crippen molar-refractivity contribution in [1.82, 2.24) is 0 Å². The Bertz CT molecular complexity index is 362. The van der Waals surface area contributed by atoms with Gasteiger partial charge in [-0.15, -0.1) is 0 Å². The average Bonchev–Trinajstić information content (AvgIpc) is 2.03. The zero-order chi connectivity index (χ0) is 10.1. The summed E-state index contributed by atoms with van der Waals surface area (Å²) in [5.74, 6) is -0.128. The van der Waals surface area contributed by atoms with Gasteiger partial charge in [-0.2, -0.15) is 0 Å². The summed E-state index contributed by atoms with van der Waals surface area (Å²) < 4.78 is 10.7. The third-order valence-electron chi connectivity index (χ3n) is 1.61. The van der Waals surface area contributed by atoms with Crippen LogP contribution in [-0.2, 0) is 4.57 Å². The summed E-state index contributed by atoms with van der Waals surface area (Å²) in [7, 11) is -4.18. The van der Waals surface area contributed by atoms with Crippen LogP contribution in [0.4, 0.5) is 0 Å². The van der Waals surface area contributed by atoms with Gasteiger partial charge in [-0.3, -0.25) is 9.36 Å². The normalized spacial score (nSPS) is 11.3. The molecule has 0 fully saturated rings. The highest BCUT2D eigenvalue weighted by atomic mass is 31.2. The van der Waals surface area contributed by atoms with Gasteiger partial charge in [0, 0.05) is 5.56 Å². The Kier molecular flexibility index (Phi) is 2.66. The Balaban J connectivity index is 3.08. The molecule has 0 heterocycles. The lowest BCUT2D eigenvalue weighted by molar-refractivity contribution is 0.101. The van der Waals surface area contributed by atoms with E-state index in [1.807, 2.05) is 0 Å². The highest BCUT2D eigenvalue weighted by Gasteiger charge is 2.16. The minimum absolute atomic E-state index is 0.0718. The van der Waals surface area contributed by atoms with Crippen molar-refractivity contribution in [3.8, 4) is 0 Å². The lowest BCUT2D eigenvalue weighted by Gasteiger charge is -2.03. The standard InChI is InChI=1S/C8H9O4P/c1-6(9)7-2-4-8(5-3-7)13(10,11)12/h2-5H,1H3,(H2,10,11,12). The second kappa shape index (κ2) is 3.42. The Hall–Kier alpha value is -0.960. The minimum Gasteiger partial charge on any atom is -0.321 e. The minimum atomic E-state index is -4.18. The second-order valence-electron chi connectivity index (χ2n) is 2.65. The van der Waals surface area contributed by atoms with Gasteiger partial charge in [-0.25, -0.2) is 0 Å². The lowest BCUT2D eigenvalue weighted by atomic mass is 10.2. The number of carbonyl (C=O) groups is 1. The molecule has 0 aliphatic carbocycles. The van der Waals surface area contributed by atoms with Gasteiger partial charge in [0.1, 0.15) is 0 Å². The van der Waals surface area contributed by atoms with Gasteiger partial charge in [0.05, 0.1) is 5.30 Å². The molecular weight excluding hydrogens is 191 g/mol. The molecule has 0 atom stereocenters. The van der Waals surface area contributed by atoms with Gasteiger partial charge in [0.15, 0.2) is 5.78 Å². The molecule has 0 radical (unpaired) electrons. The smallest absolute Gasteiger partial charge is 0.321 e. The van der Waals surface area contributed by atoms with Crippen molar-refractivity contribution in [2.24, 2.45) is 0 Å². The first-order valence-corrected chi connectivity index (χ1v) is 5.19. The summed E-state index contributed by atoms with van der Waals surface area (Å²) in [6, 6.07) is 5.32. The van der Waals surface area contributed by atoms with Crippen LogP contribution in [0.15, 0.2) is 24.3 Å². The van der Waals surface area contributed by atoms with Gasteiger partial charge in [-0.05, 0) is 19.1 Å². The van der Waals surface area contributed by atoms with Gasteiger partial charge < -0.3 is 9.79 Å². The quantitative estimate of drug-likeness (QED) is 0.544. The number of hydrogen-bond acceptors (Lipinski definition) is 2. The molecule has 0 unspecified atom stereocenters. The zero-order valence-electron chi connectivity index (χ0n) is 6.97. The highest BCUT2D eigenvalue weighted by molar-refractivity contribution is 7.60. The van der Waals surface area contributed by atoms with Crippen molar-refractivity contribution in [3.05, 3.63) is 29.8 Å². The molecular formula is C8H9O4P. The van der Waals surface area contributed by atoms with Crippen LogP contribution in [0.25, 0.3) is 0 Å². The maximum Gasteiger partial charge on any atom is 0.356 e. The second-order valence-corrected chi connectivity index (χ2v) is 4.25. The van der Waals surface area contributed by atoms with E-state index in [0.717, 1.165) is 0 Å². The van der Waals surface area contributed by atoms with Crippen molar-refractivity contribution in [1.29, 1.82) is 0 Å². The van der Waals surface area contributed by atoms with Crippen molar-refractivity contribution >= 4 is 18.7 Å². The first-order valence-electron chi connectivity index (χ1n) is 3.58. The lowest BCUT2D eigenvalue weighted by Crippen LogP contribution is -2.04. The Morgan fingerprint density at radius 1 is 1.23 bits per heavy atom. The van der Waals surface area contributed by atoms with Crippen LogP contribution in [0.5, 0.6) is 0 Å². The summed E-state index contributed by atoms with van der Waals surface area (Å²) in [4.78, 5) is 28.3. The molecule has 0 aliphatic heterocycles. The van der Waals surface area contributed by atoms with Crippen LogP contribution >= 0.6 is 7.60 Å². The molecule has 0 spiro atoms. The number of Topliss-reactive ketones (excluding diaryl/α,β-unsaturated/α-hetero) is 1. The van der Waals surface area contributed by atoms with Gasteiger partial charge in [0.2, 0.25) is 0 Å². The maximum absolute atomic E-state index is 10.8. The molecule has 70 valence electrons. The SMILES string of the molecule is CC(=O)c1ccc(P(=O)(O)O)cc1. The van der Waals surface area contributed by atoms with Crippen LogP contribution in [-0.4, -0.2) is 15.6 Å². The fourth-order valence-corrected chi connectivity index (χ4v) is 1.43. The topological polar surface area (TPSA) is 74.6 Å². The summed E-state index contributed by atoms with van der Waals surface area (Å²) in [5, 5.41) is -0.0718. The number of carbonyl (C=O) groups excluding carboxylic acids is 1. The van der Waals surface area contributed by atoms with Crippen LogP contribution in [0.3, 0.4) is 0 Å². The van der Waals surface area contributed by atoms with Crippen LogP contribution in [0.1, 0.15) is 17.3 Å². The van der Waals surface area contributed by atoms with Crippen molar-refractivity contribution < 1.29 is 19.1 Å². The van der Waals surface area contributed by atoms with E-state index in [9.17, 15) is 9.36 Å². The van der Waals surface area contributed by atoms with E-state index >= 15 is 0 Å². The molecule has 0 bridgehead atoms. The van der Waals surface area contributed by atoms with Gasteiger partial charge in [0.25, 0.3) is 0 Å². The van der Waals surface area contributed by atoms with Crippen molar-refractivity contribution in [2.75, 3.05) is 0 Å². The molecule has 1 rings (SSSR count). The molecule has 4 nitrogen and oxygen atoms in total. The zero-order valence-corrected chi connectivity index (χ0v) is 7.86. The van der Waals surface area contributed by atoms with Gasteiger partial charge in [-0.1, -0.05) is 12.1 Å². The molecule has 0 amide bonds. The molecule has 2 N–H and O–H groups in total. The van der Waals surface area contributed by atoms with Crippen LogP contribution in [0.2, 0.25) is 0 Å². The van der Waals surface area contributed by atoms with E-state index in [1.54, 1.807) is 0 Å². The number of benzene rings is 1. The van der Waals surface area contributed by atoms with E-state index in [2.05, 4.69) is 0 Å². The molecule has 0 aliphatic rings. The predicted molar refractivity (Wildman–Crippen MR) is 48.1 cm³/mol. The third kappa shape index (κ3) is 2.49. The molecule has 1 aromatic rings. The highest BCUT2D eigenvalue weighted by Crippen LogP contribution is 2.32. The summed E-state index contributed by atoms with van der Waals surface area (Å²) >= 11 is 0. The van der Waals surface area contributed by atoms with E-state index in [4.69, 9.17) is 9.79 Å². The molecule has 0 saturated heterocycles. The summed E-state index contributed by atoms with van der Waals surface area (Å²) in [6.07, 6.45) is 0. The van der Waals surface area contributed by atoms with E-state index < -0.39 is 7.60 Å². The maximum atomic E-state index is 10.8. The third-order valence-corrected chi connectivity index (χ3v) is 2.58.